The molecule has 2 aromatic carbocycles. The number of aryl methyl sites for hydroxylation is 1. The minimum absolute atomic E-state index is 0.0950. The van der Waals surface area contributed by atoms with Gasteiger partial charge in [0.05, 0.1) is 5.75 Å². The van der Waals surface area contributed by atoms with Crippen LogP contribution in [0.25, 0.3) is 0 Å². The molecule has 0 aliphatic carbocycles. The second kappa shape index (κ2) is 6.43. The standard InChI is InChI=1S/C16H16O2S/c1-12-3-2-4-13(9-12)10-19-11-16(18)14-5-7-15(17)8-6-14/h2-9,17H,10-11H2,1H3. The van der Waals surface area contributed by atoms with Crippen molar-refractivity contribution < 1.29 is 9.90 Å². The van der Waals surface area contributed by atoms with Crippen LogP contribution < -0.4 is 0 Å². The number of phenols is 1. The SMILES string of the molecule is Cc1cccc(CSCC(=O)c2ccc(O)cc2)c1. The third kappa shape index (κ3) is 4.14. The van der Waals surface area contributed by atoms with Crippen molar-refractivity contribution in [1.82, 2.24) is 0 Å². The van der Waals surface area contributed by atoms with Gasteiger partial charge in [0.25, 0.3) is 0 Å². The summed E-state index contributed by atoms with van der Waals surface area (Å²) in [6.45, 7) is 2.07. The molecule has 0 aromatic heterocycles. The lowest BCUT2D eigenvalue weighted by atomic mass is 10.1. The topological polar surface area (TPSA) is 37.3 Å². The molecule has 0 bridgehead atoms. The molecule has 2 rings (SSSR count). The first-order valence-corrected chi connectivity index (χ1v) is 7.26. The van der Waals surface area contributed by atoms with E-state index in [4.69, 9.17) is 0 Å². The van der Waals surface area contributed by atoms with Gasteiger partial charge in [-0.15, -0.1) is 11.8 Å². The van der Waals surface area contributed by atoms with Crippen molar-refractivity contribution in [3.05, 3.63) is 65.2 Å². The van der Waals surface area contributed by atoms with Gasteiger partial charge in [0.2, 0.25) is 0 Å². The van der Waals surface area contributed by atoms with E-state index in [9.17, 15) is 9.90 Å². The fourth-order valence-electron chi connectivity index (χ4n) is 1.79. The summed E-state index contributed by atoms with van der Waals surface area (Å²) in [5, 5.41) is 9.17. The molecule has 0 amide bonds. The fraction of sp³-hybridized carbons (Fsp3) is 0.188. The van der Waals surface area contributed by atoms with E-state index in [-0.39, 0.29) is 11.5 Å². The van der Waals surface area contributed by atoms with Crippen molar-refractivity contribution in [2.45, 2.75) is 12.7 Å². The Balaban J connectivity index is 1.86. The average Bonchev–Trinajstić information content (AvgIpc) is 2.39. The number of rotatable bonds is 5. The Kier molecular flexibility index (Phi) is 4.63. The molecule has 3 heteroatoms. The lowest BCUT2D eigenvalue weighted by Gasteiger charge is -2.03. The third-order valence-electron chi connectivity index (χ3n) is 2.77. The lowest BCUT2D eigenvalue weighted by molar-refractivity contribution is 0.102. The number of hydrogen-bond acceptors (Lipinski definition) is 3. The van der Waals surface area contributed by atoms with Crippen molar-refractivity contribution in [2.75, 3.05) is 5.75 Å². The lowest BCUT2D eigenvalue weighted by Crippen LogP contribution is -2.02. The van der Waals surface area contributed by atoms with Crippen LogP contribution in [0, 0.1) is 6.92 Å². The molecule has 0 aliphatic heterocycles. The number of hydrogen-bond donors (Lipinski definition) is 1. The summed E-state index contributed by atoms with van der Waals surface area (Å²) in [7, 11) is 0. The maximum atomic E-state index is 11.9. The molecule has 0 unspecified atom stereocenters. The molecule has 98 valence electrons. The normalized spacial score (nSPS) is 10.4. The Hall–Kier alpha value is -1.74. The molecule has 2 nitrogen and oxygen atoms in total. The van der Waals surface area contributed by atoms with Crippen LogP contribution in [-0.2, 0) is 5.75 Å². The van der Waals surface area contributed by atoms with Gasteiger partial charge < -0.3 is 5.11 Å². The smallest absolute Gasteiger partial charge is 0.172 e. The Labute approximate surface area is 117 Å². The summed E-state index contributed by atoms with van der Waals surface area (Å²) in [4.78, 5) is 11.9. The molecule has 0 fully saturated rings. The zero-order valence-electron chi connectivity index (χ0n) is 10.8. The van der Waals surface area contributed by atoms with Crippen LogP contribution in [0.1, 0.15) is 21.5 Å². The van der Waals surface area contributed by atoms with E-state index in [1.165, 1.54) is 11.1 Å². The number of thioether (sulfide) groups is 1. The van der Waals surface area contributed by atoms with E-state index in [0.29, 0.717) is 11.3 Å². The fourth-order valence-corrected chi connectivity index (χ4v) is 2.66. The van der Waals surface area contributed by atoms with Crippen LogP contribution >= 0.6 is 11.8 Å². The molecule has 19 heavy (non-hydrogen) atoms. The summed E-state index contributed by atoms with van der Waals surface area (Å²) in [6, 6.07) is 14.7. The zero-order valence-corrected chi connectivity index (χ0v) is 11.6. The Morgan fingerprint density at radius 3 is 2.58 bits per heavy atom. The quantitative estimate of drug-likeness (QED) is 0.841. The highest BCUT2D eigenvalue weighted by atomic mass is 32.2. The van der Waals surface area contributed by atoms with Gasteiger partial charge in [0.1, 0.15) is 5.75 Å². The molecule has 2 aromatic rings. The predicted molar refractivity (Wildman–Crippen MR) is 79.8 cm³/mol. The molecule has 0 heterocycles. The van der Waals surface area contributed by atoms with Crippen molar-refractivity contribution in [1.29, 1.82) is 0 Å². The molecule has 0 saturated heterocycles. The van der Waals surface area contributed by atoms with E-state index >= 15 is 0 Å². The summed E-state index contributed by atoms with van der Waals surface area (Å²) in [5.74, 6) is 1.58. The number of benzene rings is 2. The molecule has 0 radical (unpaired) electrons. The van der Waals surface area contributed by atoms with Gasteiger partial charge in [-0.05, 0) is 36.8 Å². The zero-order chi connectivity index (χ0) is 13.7. The van der Waals surface area contributed by atoms with Gasteiger partial charge in [-0.2, -0.15) is 0 Å². The predicted octanol–water partition coefficient (Wildman–Crippen LogP) is 3.82. The minimum atomic E-state index is 0.0950. The van der Waals surface area contributed by atoms with Crippen molar-refractivity contribution in [2.24, 2.45) is 0 Å². The molecule has 0 saturated carbocycles. The van der Waals surface area contributed by atoms with Crippen LogP contribution in [0.4, 0.5) is 0 Å². The third-order valence-corrected chi connectivity index (χ3v) is 3.78. The molecule has 0 atom stereocenters. The number of ketones is 1. The van der Waals surface area contributed by atoms with E-state index in [1.54, 1.807) is 36.0 Å². The summed E-state index contributed by atoms with van der Waals surface area (Å²) in [5.41, 5.74) is 3.13. The number of Topliss-reactive ketones (excluding diaryl/α,β-unsaturated/α-hetero) is 1. The first-order chi connectivity index (χ1) is 9.15. The van der Waals surface area contributed by atoms with Crippen molar-refractivity contribution in [3.63, 3.8) is 0 Å². The van der Waals surface area contributed by atoms with Gasteiger partial charge in [0.15, 0.2) is 5.78 Å². The monoisotopic (exact) mass is 272 g/mol. The van der Waals surface area contributed by atoms with Gasteiger partial charge in [-0.1, -0.05) is 29.8 Å². The van der Waals surface area contributed by atoms with E-state index in [2.05, 4.69) is 25.1 Å². The number of aromatic hydroxyl groups is 1. The molecular formula is C16H16O2S. The number of phenolic OH excluding ortho intramolecular Hbond substituents is 1. The van der Waals surface area contributed by atoms with Crippen LogP contribution in [0.5, 0.6) is 5.75 Å². The second-order valence-electron chi connectivity index (χ2n) is 4.45. The molecule has 0 aliphatic rings. The number of carbonyl (C=O) groups is 1. The Bertz CT molecular complexity index is 561. The highest BCUT2D eigenvalue weighted by molar-refractivity contribution is 7.99. The maximum Gasteiger partial charge on any atom is 0.172 e. The summed E-state index contributed by atoms with van der Waals surface area (Å²) >= 11 is 1.61. The minimum Gasteiger partial charge on any atom is -0.508 e. The van der Waals surface area contributed by atoms with Crippen molar-refractivity contribution in [3.8, 4) is 5.75 Å². The maximum absolute atomic E-state index is 11.9. The van der Waals surface area contributed by atoms with Gasteiger partial charge in [0, 0.05) is 11.3 Å². The highest BCUT2D eigenvalue weighted by Crippen LogP contribution is 2.16. The van der Waals surface area contributed by atoms with Crippen LogP contribution in [-0.4, -0.2) is 16.6 Å². The molecule has 1 N–H and O–H groups in total. The van der Waals surface area contributed by atoms with Gasteiger partial charge in [-0.3, -0.25) is 4.79 Å². The first kappa shape index (κ1) is 13.7. The average molecular weight is 272 g/mol. The Morgan fingerprint density at radius 1 is 1.16 bits per heavy atom. The van der Waals surface area contributed by atoms with Crippen LogP contribution in [0.2, 0.25) is 0 Å². The summed E-state index contributed by atoms with van der Waals surface area (Å²) < 4.78 is 0. The molecular weight excluding hydrogens is 256 g/mol. The number of carbonyl (C=O) groups excluding carboxylic acids is 1. The van der Waals surface area contributed by atoms with Gasteiger partial charge >= 0.3 is 0 Å². The highest BCUT2D eigenvalue weighted by Gasteiger charge is 2.06. The largest absolute Gasteiger partial charge is 0.508 e. The molecule has 0 spiro atoms. The summed E-state index contributed by atoms with van der Waals surface area (Å²) in [6.07, 6.45) is 0. The van der Waals surface area contributed by atoms with Gasteiger partial charge in [-0.25, -0.2) is 0 Å². The first-order valence-electron chi connectivity index (χ1n) is 6.10. The van der Waals surface area contributed by atoms with E-state index in [0.717, 1.165) is 5.75 Å². The van der Waals surface area contributed by atoms with Crippen LogP contribution in [0.3, 0.4) is 0 Å². The van der Waals surface area contributed by atoms with E-state index in [1.807, 2.05) is 6.07 Å². The second-order valence-corrected chi connectivity index (χ2v) is 5.44. The Morgan fingerprint density at radius 2 is 1.89 bits per heavy atom. The van der Waals surface area contributed by atoms with E-state index < -0.39 is 0 Å². The van der Waals surface area contributed by atoms with Crippen LogP contribution in [0.15, 0.2) is 48.5 Å². The van der Waals surface area contributed by atoms with Crippen molar-refractivity contribution >= 4 is 17.5 Å².